The van der Waals surface area contributed by atoms with E-state index in [0.717, 1.165) is 16.9 Å². The lowest BCUT2D eigenvalue weighted by molar-refractivity contribution is 0.206. The highest BCUT2D eigenvalue weighted by molar-refractivity contribution is 5.74. The molecule has 8 nitrogen and oxygen atoms in total. The Hall–Kier alpha value is -3.42. The quantitative estimate of drug-likeness (QED) is 0.716. The number of aromatic nitrogens is 3. The number of hydrogen-bond acceptors (Lipinski definition) is 6. The number of ether oxygens (including phenoxy) is 1. The molecular weight excluding hydrogens is 370 g/mol. The van der Waals surface area contributed by atoms with Crippen LogP contribution < -0.4 is 10.1 Å². The summed E-state index contributed by atoms with van der Waals surface area (Å²) in [5.41, 5.74) is 1.82. The van der Waals surface area contributed by atoms with Gasteiger partial charge in [-0.2, -0.15) is 4.98 Å². The van der Waals surface area contributed by atoms with E-state index in [0.29, 0.717) is 31.3 Å². The zero-order valence-electron chi connectivity index (χ0n) is 16.4. The summed E-state index contributed by atoms with van der Waals surface area (Å²) in [6.45, 7) is 3.74. The average Bonchev–Trinajstić information content (AvgIpc) is 3.40. The molecule has 1 aliphatic rings. The Morgan fingerprint density at radius 1 is 1.28 bits per heavy atom. The summed E-state index contributed by atoms with van der Waals surface area (Å²) in [7, 11) is 1.63. The van der Waals surface area contributed by atoms with Gasteiger partial charge >= 0.3 is 6.03 Å². The first-order chi connectivity index (χ1) is 14.1. The largest absolute Gasteiger partial charge is 0.497 e. The van der Waals surface area contributed by atoms with Crippen LogP contribution in [0.2, 0.25) is 0 Å². The van der Waals surface area contributed by atoms with Crippen LogP contribution in [0.4, 0.5) is 4.79 Å². The number of hydrogen-bond donors (Lipinski definition) is 1. The number of pyridine rings is 1. The summed E-state index contributed by atoms with van der Waals surface area (Å²) in [6.07, 6.45) is 3.40. The van der Waals surface area contributed by atoms with E-state index in [4.69, 9.17) is 9.26 Å². The molecule has 29 heavy (non-hydrogen) atoms. The Morgan fingerprint density at radius 3 is 2.83 bits per heavy atom. The van der Waals surface area contributed by atoms with Crippen LogP contribution >= 0.6 is 0 Å². The summed E-state index contributed by atoms with van der Waals surface area (Å²) in [4.78, 5) is 23.0. The lowest BCUT2D eigenvalue weighted by Gasteiger charge is -2.17. The van der Waals surface area contributed by atoms with E-state index < -0.39 is 0 Å². The van der Waals surface area contributed by atoms with Crippen molar-refractivity contribution in [1.82, 2.24) is 25.3 Å². The monoisotopic (exact) mass is 393 g/mol. The number of carbonyl (C=O) groups excluding carboxylic acids is 1. The summed E-state index contributed by atoms with van der Waals surface area (Å²) < 4.78 is 10.6. The first kappa shape index (κ1) is 18.9. The average molecular weight is 393 g/mol. The first-order valence-corrected chi connectivity index (χ1v) is 9.53. The van der Waals surface area contributed by atoms with E-state index in [-0.39, 0.29) is 17.9 Å². The lowest BCUT2D eigenvalue weighted by Crippen LogP contribution is -2.38. The molecule has 3 heterocycles. The third kappa shape index (κ3) is 4.21. The zero-order valence-corrected chi connectivity index (χ0v) is 16.4. The SMILES string of the molecule is COc1ccc(CNC(=O)N2CC(C)C(c3nc(-c4cccnc4)no3)C2)cc1. The minimum atomic E-state index is -0.0952. The van der Waals surface area contributed by atoms with Gasteiger partial charge in [0, 0.05) is 37.6 Å². The lowest BCUT2D eigenvalue weighted by atomic mass is 9.98. The van der Waals surface area contributed by atoms with E-state index in [1.165, 1.54) is 0 Å². The van der Waals surface area contributed by atoms with Gasteiger partial charge in [-0.05, 0) is 35.7 Å². The fraction of sp³-hybridized carbons (Fsp3) is 0.333. The second-order valence-electron chi connectivity index (χ2n) is 7.19. The molecule has 1 fully saturated rings. The molecule has 150 valence electrons. The van der Waals surface area contributed by atoms with Crippen LogP contribution in [-0.4, -0.2) is 46.3 Å². The van der Waals surface area contributed by atoms with Gasteiger partial charge in [-0.25, -0.2) is 4.79 Å². The highest BCUT2D eigenvalue weighted by atomic mass is 16.5. The first-order valence-electron chi connectivity index (χ1n) is 9.53. The molecule has 2 atom stereocenters. The number of amides is 2. The van der Waals surface area contributed by atoms with Crippen LogP contribution in [0.3, 0.4) is 0 Å². The molecule has 2 unspecified atom stereocenters. The fourth-order valence-corrected chi connectivity index (χ4v) is 3.49. The Kier molecular flexibility index (Phi) is 5.41. The molecule has 0 spiro atoms. The highest BCUT2D eigenvalue weighted by Crippen LogP contribution is 2.32. The number of benzene rings is 1. The molecule has 1 N–H and O–H groups in total. The molecule has 0 saturated carbocycles. The predicted molar refractivity (Wildman–Crippen MR) is 106 cm³/mol. The molecule has 1 aromatic carbocycles. The summed E-state index contributed by atoms with van der Waals surface area (Å²) in [5, 5.41) is 7.04. The van der Waals surface area contributed by atoms with Crippen molar-refractivity contribution in [3.05, 3.63) is 60.2 Å². The van der Waals surface area contributed by atoms with Crippen molar-refractivity contribution in [1.29, 1.82) is 0 Å². The van der Waals surface area contributed by atoms with E-state index >= 15 is 0 Å². The minimum absolute atomic E-state index is 0.0136. The van der Waals surface area contributed by atoms with Crippen molar-refractivity contribution in [3.8, 4) is 17.1 Å². The van der Waals surface area contributed by atoms with Crippen LogP contribution in [0.15, 0.2) is 53.3 Å². The zero-order chi connectivity index (χ0) is 20.2. The maximum absolute atomic E-state index is 12.6. The molecule has 0 radical (unpaired) electrons. The molecule has 0 bridgehead atoms. The summed E-state index contributed by atoms with van der Waals surface area (Å²) in [6, 6.07) is 11.3. The number of nitrogens with zero attached hydrogens (tertiary/aromatic N) is 4. The van der Waals surface area contributed by atoms with Gasteiger partial charge in [0.1, 0.15) is 5.75 Å². The molecule has 2 aromatic heterocycles. The second kappa shape index (κ2) is 8.30. The number of methoxy groups -OCH3 is 1. The smallest absolute Gasteiger partial charge is 0.317 e. The molecule has 4 rings (SSSR count). The van der Waals surface area contributed by atoms with Gasteiger partial charge in [0.25, 0.3) is 0 Å². The van der Waals surface area contributed by atoms with E-state index in [9.17, 15) is 4.79 Å². The number of nitrogens with one attached hydrogen (secondary N) is 1. The van der Waals surface area contributed by atoms with Gasteiger partial charge in [-0.3, -0.25) is 4.98 Å². The molecule has 8 heteroatoms. The van der Waals surface area contributed by atoms with Crippen molar-refractivity contribution in [2.24, 2.45) is 5.92 Å². The van der Waals surface area contributed by atoms with Gasteiger partial charge in [0.05, 0.1) is 13.0 Å². The van der Waals surface area contributed by atoms with Gasteiger partial charge in [-0.15, -0.1) is 0 Å². The standard InChI is InChI=1S/C21H23N5O3/c1-14-12-26(21(27)23-10-15-5-7-17(28-2)8-6-15)13-18(14)20-24-19(25-29-20)16-4-3-9-22-11-16/h3-9,11,14,18H,10,12-13H2,1-2H3,(H,23,27). The highest BCUT2D eigenvalue weighted by Gasteiger charge is 2.37. The van der Waals surface area contributed by atoms with Gasteiger partial charge in [0.2, 0.25) is 11.7 Å². The van der Waals surface area contributed by atoms with Gasteiger partial charge < -0.3 is 19.5 Å². The van der Waals surface area contributed by atoms with Crippen molar-refractivity contribution < 1.29 is 14.1 Å². The Labute approximate surface area is 168 Å². The number of urea groups is 1. The van der Waals surface area contributed by atoms with Crippen LogP contribution in [0.25, 0.3) is 11.4 Å². The molecule has 3 aromatic rings. The molecule has 2 amide bonds. The fourth-order valence-electron chi connectivity index (χ4n) is 3.49. The van der Waals surface area contributed by atoms with Gasteiger partial charge in [0.15, 0.2) is 0 Å². The van der Waals surface area contributed by atoms with E-state index in [1.54, 1.807) is 24.4 Å². The molecule has 0 aliphatic carbocycles. The van der Waals surface area contributed by atoms with Crippen molar-refractivity contribution in [3.63, 3.8) is 0 Å². The Morgan fingerprint density at radius 2 is 2.10 bits per heavy atom. The second-order valence-corrected chi connectivity index (χ2v) is 7.19. The minimum Gasteiger partial charge on any atom is -0.497 e. The summed E-state index contributed by atoms with van der Waals surface area (Å²) >= 11 is 0. The van der Waals surface area contributed by atoms with E-state index in [2.05, 4.69) is 27.4 Å². The molecule has 1 saturated heterocycles. The third-order valence-corrected chi connectivity index (χ3v) is 5.18. The molecular formula is C21H23N5O3. The Bertz CT molecular complexity index is 958. The number of likely N-dealkylation sites (tertiary alicyclic amines) is 1. The number of rotatable bonds is 5. The van der Waals surface area contributed by atoms with Crippen molar-refractivity contribution >= 4 is 6.03 Å². The number of carbonyl (C=O) groups is 1. The predicted octanol–water partition coefficient (Wildman–Crippen LogP) is 3.09. The molecule has 1 aliphatic heterocycles. The van der Waals surface area contributed by atoms with Crippen LogP contribution in [0.1, 0.15) is 24.3 Å². The topological polar surface area (TPSA) is 93.4 Å². The summed E-state index contributed by atoms with van der Waals surface area (Å²) in [5.74, 6) is 2.11. The third-order valence-electron chi connectivity index (χ3n) is 5.18. The van der Waals surface area contributed by atoms with E-state index in [1.807, 2.05) is 36.4 Å². The maximum atomic E-state index is 12.6. The van der Waals surface area contributed by atoms with Crippen LogP contribution in [0, 0.1) is 5.92 Å². The van der Waals surface area contributed by atoms with Crippen LogP contribution in [-0.2, 0) is 6.54 Å². The van der Waals surface area contributed by atoms with Gasteiger partial charge in [-0.1, -0.05) is 24.2 Å². The normalized spacial score (nSPS) is 18.6. The maximum Gasteiger partial charge on any atom is 0.317 e. The van der Waals surface area contributed by atoms with Crippen LogP contribution in [0.5, 0.6) is 5.75 Å². The van der Waals surface area contributed by atoms with Crippen molar-refractivity contribution in [2.75, 3.05) is 20.2 Å². The Balaban J connectivity index is 1.36. The van der Waals surface area contributed by atoms with Crippen molar-refractivity contribution in [2.45, 2.75) is 19.4 Å².